The van der Waals surface area contributed by atoms with Gasteiger partial charge in [-0.1, -0.05) is 0 Å². The van der Waals surface area contributed by atoms with Gasteiger partial charge in [-0.3, -0.25) is 0 Å². The molecule has 0 aromatic heterocycles. The lowest BCUT2D eigenvalue weighted by Gasteiger charge is -2.10. The van der Waals surface area contributed by atoms with Crippen LogP contribution in [-0.4, -0.2) is 18.6 Å². The van der Waals surface area contributed by atoms with Gasteiger partial charge in [0.15, 0.2) is 0 Å². The minimum absolute atomic E-state index is 0.0336. The monoisotopic (exact) mass is 194 g/mol. The molecule has 0 aliphatic heterocycles. The van der Waals surface area contributed by atoms with E-state index in [1.54, 1.807) is 0 Å². The molecule has 0 aromatic carbocycles. The summed E-state index contributed by atoms with van der Waals surface area (Å²) in [6, 6.07) is 0.555. The molecular weight excluding hydrogens is 176 g/mol. The normalized spacial score (nSPS) is 47.4. The molecule has 3 aliphatic carbocycles. The highest BCUT2D eigenvalue weighted by Gasteiger charge is 2.65. The topological polar surface area (TPSA) is 41.1 Å². The number of fused-ring (bicyclic) bond motifs is 5. The highest BCUT2D eigenvalue weighted by atomic mass is 16.2. The van der Waals surface area contributed by atoms with E-state index in [0.29, 0.717) is 6.04 Å². The first kappa shape index (κ1) is 8.57. The number of hydrogen-bond acceptors (Lipinski definition) is 1. The molecule has 0 radical (unpaired) electrons. The average molecular weight is 194 g/mol. The van der Waals surface area contributed by atoms with Crippen LogP contribution in [0.3, 0.4) is 0 Å². The van der Waals surface area contributed by atoms with Gasteiger partial charge in [-0.05, 0) is 49.9 Å². The van der Waals surface area contributed by atoms with E-state index in [1.165, 1.54) is 19.3 Å². The number of rotatable bonds is 2. The first-order chi connectivity index (χ1) is 6.81. The lowest BCUT2D eigenvalue weighted by atomic mass is 10.0. The Morgan fingerprint density at radius 2 is 1.93 bits per heavy atom. The maximum Gasteiger partial charge on any atom is 0.315 e. The van der Waals surface area contributed by atoms with E-state index >= 15 is 0 Å². The summed E-state index contributed by atoms with van der Waals surface area (Å²) in [6.45, 7) is 2.68. The first-order valence-electron chi connectivity index (χ1n) is 5.85. The Balaban J connectivity index is 1.56. The van der Waals surface area contributed by atoms with Gasteiger partial charge in [0.05, 0.1) is 0 Å². The summed E-state index contributed by atoms with van der Waals surface area (Å²) in [5.41, 5.74) is 0. The molecule has 3 fully saturated rings. The predicted molar refractivity (Wildman–Crippen MR) is 53.8 cm³/mol. The number of carbonyl (C=O) groups excluding carboxylic acids is 1. The van der Waals surface area contributed by atoms with E-state index in [2.05, 4.69) is 10.6 Å². The molecule has 3 saturated carbocycles. The maximum absolute atomic E-state index is 11.3. The van der Waals surface area contributed by atoms with Gasteiger partial charge >= 0.3 is 6.03 Å². The number of carbonyl (C=O) groups is 1. The van der Waals surface area contributed by atoms with Crippen molar-refractivity contribution in [3.05, 3.63) is 0 Å². The third kappa shape index (κ3) is 1.07. The van der Waals surface area contributed by atoms with Gasteiger partial charge in [0.25, 0.3) is 0 Å². The van der Waals surface area contributed by atoms with Gasteiger partial charge in [0.1, 0.15) is 0 Å². The molecule has 3 heteroatoms. The molecule has 3 rings (SSSR count). The smallest absolute Gasteiger partial charge is 0.315 e. The summed E-state index contributed by atoms with van der Waals surface area (Å²) in [5, 5.41) is 5.91. The Morgan fingerprint density at radius 3 is 2.50 bits per heavy atom. The Labute approximate surface area is 84.6 Å². The van der Waals surface area contributed by atoms with Crippen molar-refractivity contribution in [2.24, 2.45) is 23.7 Å². The minimum atomic E-state index is 0.0336. The molecular formula is C11H18N2O. The van der Waals surface area contributed by atoms with Crippen molar-refractivity contribution in [2.75, 3.05) is 6.54 Å². The standard InChI is InChI=1S/C11H18N2O/c1-2-12-11(14)13-10-8-6-3-4-7(5-6)9(8)10/h6-10H,2-5H2,1H3,(H2,12,13,14). The van der Waals surface area contributed by atoms with E-state index in [1.807, 2.05) is 6.92 Å². The van der Waals surface area contributed by atoms with E-state index < -0.39 is 0 Å². The zero-order valence-electron chi connectivity index (χ0n) is 8.62. The van der Waals surface area contributed by atoms with Crippen LogP contribution >= 0.6 is 0 Å². The largest absolute Gasteiger partial charge is 0.338 e. The Hall–Kier alpha value is -0.730. The van der Waals surface area contributed by atoms with Crippen LogP contribution in [0.15, 0.2) is 0 Å². The van der Waals surface area contributed by atoms with Gasteiger partial charge in [-0.25, -0.2) is 4.79 Å². The second-order valence-electron chi connectivity index (χ2n) is 5.02. The molecule has 2 bridgehead atoms. The summed E-state index contributed by atoms with van der Waals surface area (Å²) in [5.74, 6) is 3.57. The fourth-order valence-corrected chi connectivity index (χ4v) is 3.88. The quantitative estimate of drug-likeness (QED) is 0.684. The van der Waals surface area contributed by atoms with Crippen LogP contribution in [0.5, 0.6) is 0 Å². The summed E-state index contributed by atoms with van der Waals surface area (Å²) >= 11 is 0. The lowest BCUT2D eigenvalue weighted by Crippen LogP contribution is -2.38. The zero-order valence-corrected chi connectivity index (χ0v) is 8.62. The summed E-state index contributed by atoms with van der Waals surface area (Å²) in [4.78, 5) is 11.3. The number of nitrogens with one attached hydrogen (secondary N) is 2. The first-order valence-corrected chi connectivity index (χ1v) is 5.85. The maximum atomic E-state index is 11.3. The van der Waals surface area contributed by atoms with Crippen LogP contribution in [-0.2, 0) is 0 Å². The van der Waals surface area contributed by atoms with E-state index in [0.717, 1.165) is 30.2 Å². The Morgan fingerprint density at radius 1 is 1.29 bits per heavy atom. The van der Waals surface area contributed by atoms with Gasteiger partial charge in [0, 0.05) is 12.6 Å². The van der Waals surface area contributed by atoms with Crippen molar-refractivity contribution in [2.45, 2.75) is 32.2 Å². The highest BCUT2D eigenvalue weighted by Crippen LogP contribution is 2.65. The van der Waals surface area contributed by atoms with Crippen LogP contribution in [0.4, 0.5) is 4.79 Å². The van der Waals surface area contributed by atoms with Gasteiger partial charge in [0.2, 0.25) is 0 Å². The van der Waals surface area contributed by atoms with E-state index in [4.69, 9.17) is 0 Å². The van der Waals surface area contributed by atoms with Crippen LogP contribution in [0, 0.1) is 23.7 Å². The van der Waals surface area contributed by atoms with Crippen LogP contribution in [0.1, 0.15) is 26.2 Å². The molecule has 4 atom stereocenters. The summed E-state index contributed by atoms with van der Waals surface area (Å²) in [7, 11) is 0. The van der Waals surface area contributed by atoms with Crippen LogP contribution in [0.25, 0.3) is 0 Å². The molecule has 0 spiro atoms. The third-order valence-electron chi connectivity index (χ3n) is 4.37. The Kier molecular flexibility index (Phi) is 1.76. The molecule has 3 aliphatic rings. The van der Waals surface area contributed by atoms with E-state index in [-0.39, 0.29) is 6.03 Å². The van der Waals surface area contributed by atoms with Crippen molar-refractivity contribution >= 4 is 6.03 Å². The SMILES string of the molecule is CCNC(=O)NC1C2C3CCC(C3)C12. The third-order valence-corrected chi connectivity index (χ3v) is 4.37. The van der Waals surface area contributed by atoms with Gasteiger partial charge in [-0.15, -0.1) is 0 Å². The zero-order chi connectivity index (χ0) is 9.71. The van der Waals surface area contributed by atoms with Crippen molar-refractivity contribution in [1.29, 1.82) is 0 Å². The molecule has 14 heavy (non-hydrogen) atoms. The van der Waals surface area contributed by atoms with Crippen molar-refractivity contribution < 1.29 is 4.79 Å². The molecule has 2 N–H and O–H groups in total. The van der Waals surface area contributed by atoms with Crippen LogP contribution < -0.4 is 10.6 Å². The predicted octanol–water partition coefficient (Wildman–Crippen LogP) is 1.35. The number of hydrogen-bond donors (Lipinski definition) is 2. The van der Waals surface area contributed by atoms with Crippen LogP contribution in [0.2, 0.25) is 0 Å². The summed E-state index contributed by atoms with van der Waals surface area (Å²) < 4.78 is 0. The average Bonchev–Trinajstić information content (AvgIpc) is 2.60. The molecule has 0 heterocycles. The minimum Gasteiger partial charge on any atom is -0.338 e. The van der Waals surface area contributed by atoms with Gasteiger partial charge in [-0.2, -0.15) is 0 Å². The summed E-state index contributed by atoms with van der Waals surface area (Å²) in [6.07, 6.45) is 4.28. The van der Waals surface area contributed by atoms with Crippen molar-refractivity contribution in [3.63, 3.8) is 0 Å². The van der Waals surface area contributed by atoms with Crippen molar-refractivity contribution in [3.8, 4) is 0 Å². The Bertz CT molecular complexity index is 250. The molecule has 0 aromatic rings. The number of amides is 2. The van der Waals surface area contributed by atoms with E-state index in [9.17, 15) is 4.79 Å². The molecule has 2 amide bonds. The number of urea groups is 1. The fourth-order valence-electron chi connectivity index (χ4n) is 3.88. The molecule has 78 valence electrons. The highest BCUT2D eigenvalue weighted by molar-refractivity contribution is 5.74. The lowest BCUT2D eigenvalue weighted by molar-refractivity contribution is 0.239. The molecule has 3 nitrogen and oxygen atoms in total. The van der Waals surface area contributed by atoms with Gasteiger partial charge < -0.3 is 10.6 Å². The molecule has 0 saturated heterocycles. The second-order valence-corrected chi connectivity index (χ2v) is 5.02. The second kappa shape index (κ2) is 2.88. The molecule has 4 unspecified atom stereocenters. The fraction of sp³-hybridized carbons (Fsp3) is 0.909. The van der Waals surface area contributed by atoms with Crippen molar-refractivity contribution in [1.82, 2.24) is 10.6 Å².